The number of benzene rings is 1. The van der Waals surface area contributed by atoms with Crippen LogP contribution in [-0.2, 0) is 0 Å². The molecule has 0 radical (unpaired) electrons. The lowest BCUT2D eigenvalue weighted by molar-refractivity contribution is 0.104. The molecule has 0 aliphatic heterocycles. The molecule has 0 atom stereocenters. The zero-order chi connectivity index (χ0) is 14.7. The molecule has 104 valence electrons. The first-order valence-electron chi connectivity index (χ1n) is 6.16. The van der Waals surface area contributed by atoms with E-state index in [1.54, 1.807) is 17.4 Å². The Morgan fingerprint density at radius 1 is 1.29 bits per heavy atom. The van der Waals surface area contributed by atoms with Crippen LogP contribution in [0.15, 0.2) is 57.8 Å². The summed E-state index contributed by atoms with van der Waals surface area (Å²) in [6.07, 6.45) is 4.79. The van der Waals surface area contributed by atoms with E-state index in [0.717, 1.165) is 15.0 Å². The molecule has 0 aliphatic carbocycles. The van der Waals surface area contributed by atoms with Crippen LogP contribution in [0.5, 0.6) is 0 Å². The van der Waals surface area contributed by atoms with E-state index < -0.39 is 0 Å². The SMILES string of the molecule is O=C(/C=C/c1csc(Br)c1)c1cnnn1-c1ccccc1. The number of thiophene rings is 1. The van der Waals surface area contributed by atoms with E-state index >= 15 is 0 Å². The molecule has 2 heterocycles. The van der Waals surface area contributed by atoms with Gasteiger partial charge in [-0.05, 0) is 51.1 Å². The molecule has 0 aliphatic rings. The Labute approximate surface area is 133 Å². The van der Waals surface area contributed by atoms with Gasteiger partial charge in [-0.25, -0.2) is 4.68 Å². The van der Waals surface area contributed by atoms with Crippen LogP contribution in [0.2, 0.25) is 0 Å². The Hall–Kier alpha value is -2.05. The van der Waals surface area contributed by atoms with Crippen molar-refractivity contribution in [3.05, 3.63) is 69.1 Å². The van der Waals surface area contributed by atoms with E-state index in [4.69, 9.17) is 0 Å². The fraction of sp³-hybridized carbons (Fsp3) is 0. The molecule has 0 spiro atoms. The predicted octanol–water partition coefficient (Wildman–Crippen LogP) is 3.99. The van der Waals surface area contributed by atoms with Crippen LogP contribution in [0, 0.1) is 0 Å². The highest BCUT2D eigenvalue weighted by Gasteiger charge is 2.11. The molecule has 4 nitrogen and oxygen atoms in total. The van der Waals surface area contributed by atoms with Crippen molar-refractivity contribution in [2.75, 3.05) is 0 Å². The molecular weight excluding hydrogens is 350 g/mol. The fourth-order valence-electron chi connectivity index (χ4n) is 1.83. The molecule has 21 heavy (non-hydrogen) atoms. The zero-order valence-corrected chi connectivity index (χ0v) is 13.2. The Balaban J connectivity index is 1.86. The third-order valence-corrected chi connectivity index (χ3v) is 4.34. The van der Waals surface area contributed by atoms with Gasteiger partial charge < -0.3 is 0 Å². The molecule has 1 aromatic carbocycles. The van der Waals surface area contributed by atoms with Crippen molar-refractivity contribution in [2.24, 2.45) is 0 Å². The molecule has 3 rings (SSSR count). The summed E-state index contributed by atoms with van der Waals surface area (Å²) in [6, 6.07) is 11.4. The number of halogens is 1. The van der Waals surface area contributed by atoms with E-state index in [1.807, 2.05) is 41.8 Å². The number of para-hydroxylation sites is 1. The third-order valence-electron chi connectivity index (χ3n) is 2.82. The van der Waals surface area contributed by atoms with Crippen LogP contribution in [0.25, 0.3) is 11.8 Å². The van der Waals surface area contributed by atoms with Crippen LogP contribution < -0.4 is 0 Å². The first-order valence-corrected chi connectivity index (χ1v) is 7.84. The molecule has 2 aromatic heterocycles. The molecule has 0 N–H and O–H groups in total. The number of hydrogen-bond acceptors (Lipinski definition) is 4. The van der Waals surface area contributed by atoms with Crippen molar-refractivity contribution >= 4 is 39.1 Å². The summed E-state index contributed by atoms with van der Waals surface area (Å²) in [6.45, 7) is 0. The van der Waals surface area contributed by atoms with Crippen molar-refractivity contribution in [1.82, 2.24) is 15.0 Å². The van der Waals surface area contributed by atoms with Gasteiger partial charge in [-0.1, -0.05) is 29.5 Å². The topological polar surface area (TPSA) is 47.8 Å². The van der Waals surface area contributed by atoms with Crippen LogP contribution in [0.3, 0.4) is 0 Å². The first-order chi connectivity index (χ1) is 10.2. The number of carbonyl (C=O) groups is 1. The summed E-state index contributed by atoms with van der Waals surface area (Å²) in [5.74, 6) is -0.133. The minimum atomic E-state index is -0.133. The Bertz CT molecular complexity index is 792. The van der Waals surface area contributed by atoms with Crippen molar-refractivity contribution in [1.29, 1.82) is 0 Å². The Morgan fingerprint density at radius 2 is 2.10 bits per heavy atom. The zero-order valence-electron chi connectivity index (χ0n) is 10.8. The van der Waals surface area contributed by atoms with Gasteiger partial charge in [0, 0.05) is 0 Å². The van der Waals surface area contributed by atoms with Crippen molar-refractivity contribution in [2.45, 2.75) is 0 Å². The van der Waals surface area contributed by atoms with Crippen molar-refractivity contribution in [3.63, 3.8) is 0 Å². The molecule has 6 heteroatoms. The summed E-state index contributed by atoms with van der Waals surface area (Å²) >= 11 is 4.97. The summed E-state index contributed by atoms with van der Waals surface area (Å²) < 4.78 is 2.57. The number of nitrogens with zero attached hydrogens (tertiary/aromatic N) is 3. The van der Waals surface area contributed by atoms with E-state index in [-0.39, 0.29) is 5.78 Å². The minimum absolute atomic E-state index is 0.133. The van der Waals surface area contributed by atoms with E-state index in [2.05, 4.69) is 26.2 Å². The number of aromatic nitrogens is 3. The average molecular weight is 360 g/mol. The molecule has 3 aromatic rings. The number of allylic oxidation sites excluding steroid dienone is 1. The van der Waals surface area contributed by atoms with Crippen LogP contribution in [0.1, 0.15) is 16.1 Å². The largest absolute Gasteiger partial charge is 0.287 e. The Kier molecular flexibility index (Phi) is 4.08. The lowest BCUT2D eigenvalue weighted by Crippen LogP contribution is -2.06. The minimum Gasteiger partial charge on any atom is -0.287 e. The van der Waals surface area contributed by atoms with Crippen molar-refractivity contribution < 1.29 is 4.79 Å². The van der Waals surface area contributed by atoms with Gasteiger partial charge in [0.1, 0.15) is 5.69 Å². The highest BCUT2D eigenvalue weighted by molar-refractivity contribution is 9.11. The molecule has 0 saturated heterocycles. The second kappa shape index (κ2) is 6.15. The predicted molar refractivity (Wildman–Crippen MR) is 86.7 cm³/mol. The van der Waals surface area contributed by atoms with Gasteiger partial charge in [-0.3, -0.25) is 4.79 Å². The molecule has 0 bridgehead atoms. The lowest BCUT2D eigenvalue weighted by Gasteiger charge is -2.02. The molecule has 0 amide bonds. The molecule has 0 fully saturated rings. The highest BCUT2D eigenvalue weighted by atomic mass is 79.9. The maximum Gasteiger partial charge on any atom is 0.205 e. The van der Waals surface area contributed by atoms with E-state index in [9.17, 15) is 4.79 Å². The summed E-state index contributed by atoms with van der Waals surface area (Å²) in [5.41, 5.74) is 2.23. The van der Waals surface area contributed by atoms with Crippen molar-refractivity contribution in [3.8, 4) is 5.69 Å². The standard InChI is InChI=1S/C15H10BrN3OS/c16-15-8-11(10-21-15)6-7-14(20)13-9-17-18-19(13)12-4-2-1-3-5-12/h1-10H/b7-6+. The van der Waals surface area contributed by atoms with Gasteiger partial charge in [0.15, 0.2) is 0 Å². The molecule has 0 saturated carbocycles. The maximum atomic E-state index is 12.3. The number of ketones is 1. The second-order valence-corrected chi connectivity index (χ2v) is 6.54. The highest BCUT2D eigenvalue weighted by Crippen LogP contribution is 2.21. The van der Waals surface area contributed by atoms with Crippen LogP contribution >= 0.6 is 27.3 Å². The van der Waals surface area contributed by atoms with Gasteiger partial charge in [-0.2, -0.15) is 0 Å². The van der Waals surface area contributed by atoms with Gasteiger partial charge in [0.2, 0.25) is 5.78 Å². The first kappa shape index (κ1) is 13.9. The van der Waals surface area contributed by atoms with E-state index in [0.29, 0.717) is 5.69 Å². The normalized spacial score (nSPS) is 11.1. The number of carbonyl (C=O) groups excluding carboxylic acids is 1. The average Bonchev–Trinajstić information content (AvgIpc) is 3.14. The summed E-state index contributed by atoms with van der Waals surface area (Å²) in [5, 5.41) is 9.78. The monoisotopic (exact) mass is 359 g/mol. The van der Waals surface area contributed by atoms with Gasteiger partial charge >= 0.3 is 0 Å². The van der Waals surface area contributed by atoms with Gasteiger partial charge in [0.05, 0.1) is 15.7 Å². The van der Waals surface area contributed by atoms with Gasteiger partial charge in [-0.15, -0.1) is 16.4 Å². The molecular formula is C15H10BrN3OS. The van der Waals surface area contributed by atoms with Crippen LogP contribution in [-0.4, -0.2) is 20.8 Å². The number of hydrogen-bond donors (Lipinski definition) is 0. The fourth-order valence-corrected chi connectivity index (χ4v) is 2.98. The third kappa shape index (κ3) is 3.17. The maximum absolute atomic E-state index is 12.3. The summed E-state index contributed by atoms with van der Waals surface area (Å²) in [4.78, 5) is 12.3. The van der Waals surface area contributed by atoms with E-state index in [1.165, 1.54) is 17.0 Å². The Morgan fingerprint density at radius 3 is 2.81 bits per heavy atom. The smallest absolute Gasteiger partial charge is 0.205 e. The summed E-state index contributed by atoms with van der Waals surface area (Å²) in [7, 11) is 0. The quantitative estimate of drug-likeness (QED) is 0.522. The second-order valence-electron chi connectivity index (χ2n) is 4.25. The number of rotatable bonds is 4. The van der Waals surface area contributed by atoms with Gasteiger partial charge in [0.25, 0.3) is 0 Å². The van der Waals surface area contributed by atoms with Crippen LogP contribution in [0.4, 0.5) is 0 Å². The molecule has 0 unspecified atom stereocenters. The lowest BCUT2D eigenvalue weighted by atomic mass is 10.2.